The molecule has 2 bridgehead atoms. The number of nitrogens with zero attached hydrogens (tertiary/aromatic N) is 1. The number of Topliss-reactive ketones (excluding diaryl/α,β-unsaturated/α-hetero) is 1. The van der Waals surface area contributed by atoms with Crippen molar-refractivity contribution in [1.29, 1.82) is 0 Å². The number of hydrogen-bond acceptors (Lipinski definition) is 18. The van der Waals surface area contributed by atoms with Crippen molar-refractivity contribution in [2.45, 2.75) is 160 Å². The molecule has 19 nitrogen and oxygen atoms in total. The van der Waals surface area contributed by atoms with Crippen LogP contribution in [0.2, 0.25) is 0 Å². The van der Waals surface area contributed by atoms with Crippen LogP contribution in [0.4, 0.5) is 4.79 Å². The number of ketones is 1. The van der Waals surface area contributed by atoms with Crippen LogP contribution in [-0.2, 0) is 52.3 Å². The number of esters is 2. The molecule has 20 unspecified atom stereocenters. The third kappa shape index (κ3) is 9.02. The SMILES string of the molecule is COC(=O)NC1C(C)OC(OC2C=CC(C)C3C=CC4C(OC5CC(OC(C)=O)C(O)C(C)O5)C(C)CC(C)C4C3(C)C(O)=C3C(=O)OC4(CC(C=O)=CC(O)C4C=C2C)C3=O)CC1(C)N([O-])O. The van der Waals surface area contributed by atoms with E-state index in [9.17, 15) is 44.9 Å². The molecule has 5 N–H and O–H groups in total. The van der Waals surface area contributed by atoms with Gasteiger partial charge >= 0.3 is 18.0 Å². The molecule has 1 spiro atoms. The monoisotopic (exact) mass is 955 g/mol. The van der Waals surface area contributed by atoms with Gasteiger partial charge in [0.1, 0.15) is 29.8 Å². The van der Waals surface area contributed by atoms with Crippen LogP contribution in [0.15, 0.2) is 58.9 Å². The van der Waals surface area contributed by atoms with Crippen LogP contribution in [0, 0.1) is 52.0 Å². The fourth-order valence-corrected chi connectivity index (χ4v) is 12.7. The number of ether oxygens (including phenoxy) is 7. The van der Waals surface area contributed by atoms with Gasteiger partial charge in [0.25, 0.3) is 0 Å². The summed E-state index contributed by atoms with van der Waals surface area (Å²) in [5.74, 6) is -6.48. The first-order chi connectivity index (χ1) is 31.9. The number of amides is 1. The number of fused-ring (bicyclic) bond motifs is 4. The average Bonchev–Trinajstić information content (AvgIpc) is 3.51. The molecule has 68 heavy (non-hydrogen) atoms. The summed E-state index contributed by atoms with van der Waals surface area (Å²) in [7, 11) is 1.16. The highest BCUT2D eigenvalue weighted by molar-refractivity contribution is 6.26. The summed E-state index contributed by atoms with van der Waals surface area (Å²) in [5.41, 5.74) is -5.35. The van der Waals surface area contributed by atoms with Crippen molar-refractivity contribution in [1.82, 2.24) is 10.5 Å². The van der Waals surface area contributed by atoms with Gasteiger partial charge < -0.3 is 64.2 Å². The topological polar surface area (TPSA) is 269 Å². The first kappa shape index (κ1) is 51.5. The molecular weight excluding hydrogens is 889 g/mol. The van der Waals surface area contributed by atoms with Gasteiger partial charge in [0, 0.05) is 37.5 Å². The molecule has 19 heteroatoms. The molecule has 1 amide bonds. The number of alkyl carbamates (subject to hydrolysis) is 1. The van der Waals surface area contributed by atoms with E-state index in [0.717, 1.165) is 7.11 Å². The Labute approximate surface area is 396 Å². The standard InChI is InChI=1S/C49H67N2O17/c1-22-11-14-34(66-37-20-47(8,51(60)61)42(27(6)64-37)50-46(59)62-10)23(2)16-32-33(54)17-29(21-52)19-49(32)44(57)38(45(58)68-49)43(56)48(9)31(22)13-12-30-39(48)24(3)15-25(4)41(30)67-36-18-35(65-28(7)53)40(55)26(5)63-36/h11-14,16-17,21-22,24-27,30-37,39-42,54-56,60H,15,18-20H2,1-10H3,(H,50,59)/q-1. The molecule has 7 rings (SSSR count). The van der Waals surface area contributed by atoms with E-state index in [1.54, 1.807) is 32.9 Å². The van der Waals surface area contributed by atoms with Crippen molar-refractivity contribution in [3.8, 4) is 0 Å². The number of carbonyl (C=O) groups is 5. The lowest BCUT2D eigenvalue weighted by atomic mass is 9.48. The summed E-state index contributed by atoms with van der Waals surface area (Å²) in [6.07, 6.45) is 1.44. The molecule has 7 aliphatic rings. The van der Waals surface area contributed by atoms with Crippen molar-refractivity contribution in [2.24, 2.45) is 46.8 Å². The van der Waals surface area contributed by atoms with Crippen LogP contribution in [0.5, 0.6) is 0 Å². The lowest BCUT2D eigenvalue weighted by Gasteiger charge is -2.57. The maximum Gasteiger partial charge on any atom is 0.407 e. The third-order valence-corrected chi connectivity index (χ3v) is 16.0. The number of hydroxylamine groups is 2. The maximum absolute atomic E-state index is 15.3. The second-order valence-corrected chi connectivity index (χ2v) is 20.5. The molecule has 0 aromatic rings. The number of nitrogens with one attached hydrogen (secondary N) is 1. The molecule has 0 aromatic heterocycles. The van der Waals surface area contributed by atoms with E-state index < -0.39 is 149 Å². The van der Waals surface area contributed by atoms with E-state index >= 15 is 4.79 Å². The Morgan fingerprint density at radius 2 is 1.63 bits per heavy atom. The van der Waals surface area contributed by atoms with E-state index in [1.807, 2.05) is 39.0 Å². The maximum atomic E-state index is 15.3. The summed E-state index contributed by atoms with van der Waals surface area (Å²) in [6.45, 7) is 15.5. The summed E-state index contributed by atoms with van der Waals surface area (Å²) < 4.78 is 42.1. The Morgan fingerprint density at radius 3 is 2.28 bits per heavy atom. The van der Waals surface area contributed by atoms with Crippen molar-refractivity contribution in [3.63, 3.8) is 0 Å². The Hall–Kier alpha value is -4.31. The Kier molecular flexibility index (Phi) is 14.8. The third-order valence-electron chi connectivity index (χ3n) is 16.0. The van der Waals surface area contributed by atoms with Crippen LogP contribution in [0.3, 0.4) is 0 Å². The Bertz CT molecular complexity index is 2150. The minimum absolute atomic E-state index is 0.0137. The van der Waals surface area contributed by atoms with Crippen LogP contribution in [0.1, 0.15) is 88.0 Å². The molecule has 3 saturated heterocycles. The molecule has 3 aliphatic heterocycles. The highest BCUT2D eigenvalue weighted by Crippen LogP contribution is 2.61. The lowest BCUT2D eigenvalue weighted by molar-refractivity contribution is -0.279. The largest absolute Gasteiger partial charge is 0.762 e. The van der Waals surface area contributed by atoms with Gasteiger partial charge in [0.2, 0.25) is 5.78 Å². The summed E-state index contributed by atoms with van der Waals surface area (Å²) in [4.78, 5) is 66.3. The first-order valence-electron chi connectivity index (χ1n) is 23.5. The van der Waals surface area contributed by atoms with E-state index in [4.69, 9.17) is 33.2 Å². The van der Waals surface area contributed by atoms with Crippen molar-refractivity contribution in [3.05, 3.63) is 64.1 Å². The normalized spacial score (nSPS) is 45.0. The fourth-order valence-electron chi connectivity index (χ4n) is 12.7. The highest BCUT2D eigenvalue weighted by Gasteiger charge is 2.65. The number of methoxy groups -OCH3 is 1. The summed E-state index contributed by atoms with van der Waals surface area (Å²) in [5, 5.41) is 61.1. The number of aliphatic hydroxyl groups is 3. The average molecular weight is 956 g/mol. The molecule has 376 valence electrons. The zero-order valence-corrected chi connectivity index (χ0v) is 40.2. The van der Waals surface area contributed by atoms with Crippen LogP contribution in [0.25, 0.3) is 0 Å². The number of aldehydes is 1. The van der Waals surface area contributed by atoms with Gasteiger partial charge in [0.05, 0.1) is 55.1 Å². The van der Waals surface area contributed by atoms with Gasteiger partial charge in [-0.3, -0.25) is 19.6 Å². The highest BCUT2D eigenvalue weighted by atomic mass is 16.8. The molecular formula is C49H67N2O17-. The predicted octanol–water partition coefficient (Wildman–Crippen LogP) is 4.43. The number of hydrogen-bond donors (Lipinski definition) is 5. The van der Waals surface area contributed by atoms with Crippen molar-refractivity contribution >= 4 is 30.1 Å². The first-order valence-corrected chi connectivity index (χ1v) is 23.5. The van der Waals surface area contributed by atoms with Gasteiger partial charge in [-0.25, -0.2) is 9.59 Å². The Balaban J connectivity index is 1.34. The number of aliphatic hydroxyl groups excluding tert-OH is 3. The molecule has 20 atom stereocenters. The number of allylic oxidation sites excluding steroid dienone is 3. The smallest absolute Gasteiger partial charge is 0.407 e. The Morgan fingerprint density at radius 1 is 0.941 bits per heavy atom. The van der Waals surface area contributed by atoms with Gasteiger partial charge in [-0.2, -0.15) is 0 Å². The fraction of sp³-hybridized carbons (Fsp3) is 0.694. The van der Waals surface area contributed by atoms with E-state index in [0.29, 0.717) is 18.3 Å². The van der Waals surface area contributed by atoms with Gasteiger partial charge in [-0.1, -0.05) is 58.1 Å². The summed E-state index contributed by atoms with van der Waals surface area (Å²) in [6, 6.07) is -1.04. The molecule has 1 saturated carbocycles. The molecule has 0 aromatic carbocycles. The summed E-state index contributed by atoms with van der Waals surface area (Å²) >= 11 is 0. The molecule has 0 radical (unpaired) electrons. The van der Waals surface area contributed by atoms with Crippen LogP contribution >= 0.6 is 0 Å². The lowest BCUT2D eigenvalue weighted by Crippen LogP contribution is -2.67. The zero-order valence-electron chi connectivity index (χ0n) is 40.2. The minimum atomic E-state index is -2.16. The predicted molar refractivity (Wildman–Crippen MR) is 238 cm³/mol. The van der Waals surface area contributed by atoms with Crippen LogP contribution in [-0.4, -0.2) is 135 Å². The van der Waals surface area contributed by atoms with Crippen molar-refractivity contribution in [2.75, 3.05) is 7.11 Å². The van der Waals surface area contributed by atoms with E-state index in [2.05, 4.69) is 12.2 Å². The van der Waals surface area contributed by atoms with Crippen molar-refractivity contribution < 1.29 is 77.7 Å². The van der Waals surface area contributed by atoms with Crippen LogP contribution < -0.4 is 5.32 Å². The quantitative estimate of drug-likeness (QED) is 0.0562. The molecule has 4 aliphatic carbocycles. The van der Waals surface area contributed by atoms with E-state index in [-0.39, 0.29) is 35.5 Å². The second-order valence-electron chi connectivity index (χ2n) is 20.5. The number of rotatable bonds is 8. The van der Waals surface area contributed by atoms with Gasteiger partial charge in [-0.15, -0.1) is 0 Å². The molecule has 3 heterocycles. The van der Waals surface area contributed by atoms with Gasteiger partial charge in [0.15, 0.2) is 18.2 Å². The minimum Gasteiger partial charge on any atom is -0.762 e. The zero-order chi connectivity index (χ0) is 49.9. The van der Waals surface area contributed by atoms with Gasteiger partial charge in [-0.05, 0) is 80.9 Å². The number of carbonyl (C=O) groups excluding carboxylic acids is 5. The van der Waals surface area contributed by atoms with E-state index in [1.165, 1.54) is 19.9 Å². The molecule has 4 fully saturated rings. The second kappa shape index (κ2) is 19.5.